The van der Waals surface area contributed by atoms with Crippen LogP contribution in [0.1, 0.15) is 31.9 Å². The van der Waals surface area contributed by atoms with Crippen molar-refractivity contribution in [3.05, 3.63) is 29.3 Å². The highest BCUT2D eigenvalue weighted by Crippen LogP contribution is 2.17. The van der Waals surface area contributed by atoms with E-state index in [2.05, 4.69) is 17.0 Å². The van der Waals surface area contributed by atoms with Gasteiger partial charge in [0.05, 0.1) is 4.90 Å². The van der Waals surface area contributed by atoms with Gasteiger partial charge in [0.2, 0.25) is 10.0 Å². The molecule has 1 rings (SSSR count). The summed E-state index contributed by atoms with van der Waals surface area (Å²) in [5, 5.41) is 3.09. The van der Waals surface area contributed by atoms with Gasteiger partial charge in [-0.25, -0.2) is 13.1 Å². The molecule has 0 atom stereocenters. The molecule has 0 aromatic heterocycles. The number of sulfonamides is 1. The fourth-order valence-electron chi connectivity index (χ4n) is 1.98. The summed E-state index contributed by atoms with van der Waals surface area (Å²) in [6.45, 7) is 8.01. The third-order valence-corrected chi connectivity index (χ3v) is 4.55. The van der Waals surface area contributed by atoms with Gasteiger partial charge in [-0.1, -0.05) is 26.8 Å². The molecule has 0 amide bonds. The van der Waals surface area contributed by atoms with E-state index < -0.39 is 10.0 Å². The Morgan fingerprint density at radius 3 is 2.26 bits per heavy atom. The number of hydrogen-bond acceptors (Lipinski definition) is 3. The minimum absolute atomic E-state index is 0.359. The maximum atomic E-state index is 12.1. The van der Waals surface area contributed by atoms with Crippen molar-refractivity contribution >= 4 is 10.0 Å². The summed E-state index contributed by atoms with van der Waals surface area (Å²) in [6, 6.07) is 5.39. The number of rotatable bonds is 8. The van der Waals surface area contributed by atoms with E-state index in [1.165, 1.54) is 5.56 Å². The van der Waals surface area contributed by atoms with Crippen LogP contribution < -0.4 is 10.0 Å². The largest absolute Gasteiger partial charge is 0.316 e. The van der Waals surface area contributed by atoms with Gasteiger partial charge >= 0.3 is 0 Å². The molecule has 5 heteroatoms. The normalized spacial score (nSPS) is 11.7. The van der Waals surface area contributed by atoms with Crippen LogP contribution in [0.2, 0.25) is 0 Å². The summed E-state index contributed by atoms with van der Waals surface area (Å²) in [7, 11) is -3.39. The lowest BCUT2D eigenvalue weighted by molar-refractivity contribution is 0.577. The molecule has 0 fully saturated rings. The van der Waals surface area contributed by atoms with Gasteiger partial charge in [0.1, 0.15) is 0 Å². The van der Waals surface area contributed by atoms with Gasteiger partial charge in [-0.05, 0) is 42.6 Å². The van der Waals surface area contributed by atoms with Gasteiger partial charge < -0.3 is 5.32 Å². The molecule has 0 saturated heterocycles. The minimum Gasteiger partial charge on any atom is -0.316 e. The number of nitrogens with one attached hydrogen (secondary N) is 2. The van der Waals surface area contributed by atoms with Crippen molar-refractivity contribution < 1.29 is 8.42 Å². The molecule has 2 N–H and O–H groups in total. The van der Waals surface area contributed by atoms with Crippen LogP contribution in [0, 0.1) is 0 Å². The van der Waals surface area contributed by atoms with Gasteiger partial charge in [-0.15, -0.1) is 0 Å². The summed E-state index contributed by atoms with van der Waals surface area (Å²) in [6.07, 6.45) is 1.78. The van der Waals surface area contributed by atoms with E-state index in [1.54, 1.807) is 12.1 Å². The highest BCUT2D eigenvalue weighted by atomic mass is 32.2. The first kappa shape index (κ1) is 16.1. The van der Waals surface area contributed by atoms with Crippen LogP contribution in [0.5, 0.6) is 0 Å². The standard InChI is InChI=1S/C14H24N2O2S/c1-4-12-7-8-14(11-13(12)5-2)19(17,18)16-10-9-15-6-3/h7-8,11,15-16H,4-6,9-10H2,1-3H3. The first-order chi connectivity index (χ1) is 9.05. The zero-order valence-electron chi connectivity index (χ0n) is 12.0. The van der Waals surface area contributed by atoms with Crippen molar-refractivity contribution in [2.75, 3.05) is 19.6 Å². The predicted molar refractivity (Wildman–Crippen MR) is 78.9 cm³/mol. The molecule has 0 aliphatic heterocycles. The summed E-state index contributed by atoms with van der Waals surface area (Å²) >= 11 is 0. The average Bonchev–Trinajstić information content (AvgIpc) is 2.42. The van der Waals surface area contributed by atoms with Crippen molar-refractivity contribution in [2.45, 2.75) is 38.5 Å². The molecule has 0 aliphatic carbocycles. The van der Waals surface area contributed by atoms with Crippen molar-refractivity contribution in [2.24, 2.45) is 0 Å². The smallest absolute Gasteiger partial charge is 0.240 e. The van der Waals surface area contributed by atoms with Crippen molar-refractivity contribution in [3.63, 3.8) is 0 Å². The lowest BCUT2D eigenvalue weighted by Crippen LogP contribution is -2.31. The van der Waals surface area contributed by atoms with Crippen LogP contribution in [0.15, 0.2) is 23.1 Å². The van der Waals surface area contributed by atoms with Gasteiger partial charge in [-0.2, -0.15) is 0 Å². The maximum absolute atomic E-state index is 12.1. The quantitative estimate of drug-likeness (QED) is 0.714. The van der Waals surface area contributed by atoms with E-state index >= 15 is 0 Å². The van der Waals surface area contributed by atoms with Crippen LogP contribution in [-0.2, 0) is 22.9 Å². The molecule has 0 radical (unpaired) electrons. The lowest BCUT2D eigenvalue weighted by Gasteiger charge is -2.11. The fourth-order valence-corrected chi connectivity index (χ4v) is 3.06. The molecule has 1 aromatic carbocycles. The Kier molecular flexibility index (Phi) is 6.48. The van der Waals surface area contributed by atoms with Gasteiger partial charge in [0.15, 0.2) is 0 Å². The summed E-state index contributed by atoms with van der Waals surface area (Å²) in [5.41, 5.74) is 2.33. The predicted octanol–water partition coefficient (Wildman–Crippen LogP) is 1.70. The Hall–Kier alpha value is -0.910. The third kappa shape index (κ3) is 4.60. The molecule has 0 unspecified atom stereocenters. The number of likely N-dealkylation sites (N-methyl/N-ethyl adjacent to an activating group) is 1. The van der Waals surface area contributed by atoms with Crippen LogP contribution in [0.25, 0.3) is 0 Å². The zero-order valence-corrected chi connectivity index (χ0v) is 12.8. The lowest BCUT2D eigenvalue weighted by atomic mass is 10.0. The molecule has 0 bridgehead atoms. The molecule has 19 heavy (non-hydrogen) atoms. The number of benzene rings is 1. The van der Waals surface area contributed by atoms with E-state index in [-0.39, 0.29) is 0 Å². The monoisotopic (exact) mass is 284 g/mol. The molecule has 108 valence electrons. The van der Waals surface area contributed by atoms with E-state index in [0.29, 0.717) is 18.0 Å². The Labute approximate surface area is 116 Å². The molecular formula is C14H24N2O2S. The molecule has 0 spiro atoms. The van der Waals surface area contributed by atoms with E-state index in [1.807, 2.05) is 19.9 Å². The molecular weight excluding hydrogens is 260 g/mol. The zero-order chi connectivity index (χ0) is 14.3. The Morgan fingerprint density at radius 2 is 1.68 bits per heavy atom. The van der Waals surface area contributed by atoms with Crippen LogP contribution in [-0.4, -0.2) is 28.1 Å². The van der Waals surface area contributed by atoms with E-state index in [0.717, 1.165) is 24.9 Å². The highest BCUT2D eigenvalue weighted by Gasteiger charge is 2.14. The van der Waals surface area contributed by atoms with Crippen molar-refractivity contribution in [1.29, 1.82) is 0 Å². The van der Waals surface area contributed by atoms with E-state index in [4.69, 9.17) is 0 Å². The topological polar surface area (TPSA) is 58.2 Å². The van der Waals surface area contributed by atoms with Crippen LogP contribution in [0.3, 0.4) is 0 Å². The van der Waals surface area contributed by atoms with Crippen molar-refractivity contribution in [1.82, 2.24) is 10.0 Å². The molecule has 0 heterocycles. The Morgan fingerprint density at radius 1 is 1.00 bits per heavy atom. The first-order valence-corrected chi connectivity index (χ1v) is 8.35. The maximum Gasteiger partial charge on any atom is 0.240 e. The third-order valence-electron chi connectivity index (χ3n) is 3.09. The summed E-state index contributed by atoms with van der Waals surface area (Å²) < 4.78 is 26.9. The SMILES string of the molecule is CCNCCNS(=O)(=O)c1ccc(CC)c(CC)c1. The summed E-state index contributed by atoms with van der Waals surface area (Å²) in [5.74, 6) is 0. The van der Waals surface area contributed by atoms with Gasteiger partial charge in [0, 0.05) is 13.1 Å². The van der Waals surface area contributed by atoms with Gasteiger partial charge in [-0.3, -0.25) is 0 Å². The van der Waals surface area contributed by atoms with Crippen molar-refractivity contribution in [3.8, 4) is 0 Å². The Bertz CT molecular complexity index is 498. The number of aryl methyl sites for hydroxylation is 2. The average molecular weight is 284 g/mol. The molecule has 1 aromatic rings. The second kappa shape index (κ2) is 7.62. The fraction of sp³-hybridized carbons (Fsp3) is 0.571. The Balaban J connectivity index is 2.83. The molecule has 0 aliphatic rings. The van der Waals surface area contributed by atoms with Crippen LogP contribution >= 0.6 is 0 Å². The second-order valence-electron chi connectivity index (χ2n) is 4.39. The minimum atomic E-state index is -3.39. The second-order valence-corrected chi connectivity index (χ2v) is 6.16. The molecule has 4 nitrogen and oxygen atoms in total. The first-order valence-electron chi connectivity index (χ1n) is 6.87. The van der Waals surface area contributed by atoms with Crippen LogP contribution in [0.4, 0.5) is 0 Å². The van der Waals surface area contributed by atoms with Gasteiger partial charge in [0.25, 0.3) is 0 Å². The molecule has 0 saturated carbocycles. The highest BCUT2D eigenvalue weighted by molar-refractivity contribution is 7.89. The summed E-state index contributed by atoms with van der Waals surface area (Å²) in [4.78, 5) is 0.359. The number of hydrogen-bond donors (Lipinski definition) is 2. The van der Waals surface area contributed by atoms with E-state index in [9.17, 15) is 8.42 Å².